The van der Waals surface area contributed by atoms with Crippen LogP contribution in [0.25, 0.3) is 22.4 Å². The van der Waals surface area contributed by atoms with Crippen LogP contribution in [-0.2, 0) is 0 Å². The van der Waals surface area contributed by atoms with E-state index in [1.165, 1.54) is 23.7 Å². The Morgan fingerprint density at radius 2 is 2.00 bits per heavy atom. The Bertz CT molecular complexity index is 708. The maximum absolute atomic E-state index is 5.71. The Balaban J connectivity index is 2.03. The molecular weight excluding hydrogens is 266 g/mol. The molecule has 7 nitrogen and oxygen atoms in total. The number of nitrogens with zero attached hydrogens (tertiary/aromatic N) is 4. The molecule has 0 saturated carbocycles. The van der Waals surface area contributed by atoms with E-state index in [0.717, 1.165) is 4.88 Å². The van der Waals surface area contributed by atoms with Crippen LogP contribution in [-0.4, -0.2) is 27.3 Å². The Morgan fingerprint density at radius 1 is 1.21 bits per heavy atom. The van der Waals surface area contributed by atoms with E-state index in [2.05, 4.69) is 20.2 Å². The molecule has 96 valence electrons. The average Bonchev–Trinajstić information content (AvgIpc) is 3.07. The molecule has 0 spiro atoms. The van der Waals surface area contributed by atoms with Crippen molar-refractivity contribution in [1.82, 2.24) is 20.2 Å². The number of methoxy groups -OCH3 is 1. The highest BCUT2D eigenvalue weighted by Gasteiger charge is 2.18. The van der Waals surface area contributed by atoms with Crippen molar-refractivity contribution in [3.05, 3.63) is 23.8 Å². The first-order valence-corrected chi connectivity index (χ1v) is 6.19. The molecule has 3 rings (SSSR count). The van der Waals surface area contributed by atoms with Crippen LogP contribution >= 0.6 is 11.3 Å². The molecule has 3 heterocycles. The summed E-state index contributed by atoms with van der Waals surface area (Å²) in [5.41, 5.74) is 6.09. The van der Waals surface area contributed by atoms with E-state index in [4.69, 9.17) is 14.9 Å². The summed E-state index contributed by atoms with van der Waals surface area (Å²) >= 11 is 1.45. The van der Waals surface area contributed by atoms with E-state index in [0.29, 0.717) is 17.3 Å². The second kappa shape index (κ2) is 4.65. The van der Waals surface area contributed by atoms with Crippen LogP contribution < -0.4 is 10.5 Å². The zero-order valence-corrected chi connectivity index (χ0v) is 10.7. The molecule has 0 aliphatic heterocycles. The van der Waals surface area contributed by atoms with Crippen LogP contribution in [0.3, 0.4) is 0 Å². The van der Waals surface area contributed by atoms with Crippen LogP contribution in [0, 0.1) is 0 Å². The minimum Gasteiger partial charge on any atom is -0.495 e. The normalized spacial score (nSPS) is 10.6. The SMILES string of the molecule is COc1ccsc1-c1nnc(-c2nccnc2N)o1. The third-order valence-electron chi connectivity index (χ3n) is 2.40. The second-order valence-corrected chi connectivity index (χ2v) is 4.44. The summed E-state index contributed by atoms with van der Waals surface area (Å²) < 4.78 is 10.8. The van der Waals surface area contributed by atoms with E-state index in [9.17, 15) is 0 Å². The first-order valence-electron chi connectivity index (χ1n) is 5.32. The molecule has 0 aliphatic rings. The highest BCUT2D eigenvalue weighted by atomic mass is 32.1. The zero-order chi connectivity index (χ0) is 13.2. The number of hydrogen-bond acceptors (Lipinski definition) is 8. The lowest BCUT2D eigenvalue weighted by Crippen LogP contribution is -1.95. The van der Waals surface area contributed by atoms with Crippen molar-refractivity contribution in [2.45, 2.75) is 0 Å². The largest absolute Gasteiger partial charge is 0.495 e. The monoisotopic (exact) mass is 275 g/mol. The lowest BCUT2D eigenvalue weighted by molar-refractivity contribution is 0.416. The number of rotatable bonds is 3. The highest BCUT2D eigenvalue weighted by molar-refractivity contribution is 7.13. The van der Waals surface area contributed by atoms with Gasteiger partial charge in [-0.2, -0.15) is 0 Å². The fourth-order valence-corrected chi connectivity index (χ4v) is 2.32. The lowest BCUT2D eigenvalue weighted by Gasteiger charge is -1.97. The molecule has 0 bridgehead atoms. The van der Waals surface area contributed by atoms with Gasteiger partial charge in [-0.1, -0.05) is 0 Å². The summed E-state index contributed by atoms with van der Waals surface area (Å²) in [4.78, 5) is 8.77. The fraction of sp³-hybridized carbons (Fsp3) is 0.0909. The van der Waals surface area contributed by atoms with Gasteiger partial charge in [0.05, 0.1) is 7.11 Å². The van der Waals surface area contributed by atoms with Gasteiger partial charge in [0.15, 0.2) is 11.5 Å². The molecule has 0 fully saturated rings. The molecule has 2 N–H and O–H groups in total. The molecule has 3 aromatic heterocycles. The fourth-order valence-electron chi connectivity index (χ4n) is 1.54. The van der Waals surface area contributed by atoms with Crippen molar-refractivity contribution >= 4 is 17.2 Å². The van der Waals surface area contributed by atoms with Crippen molar-refractivity contribution in [3.63, 3.8) is 0 Å². The second-order valence-electron chi connectivity index (χ2n) is 3.52. The van der Waals surface area contributed by atoms with Crippen LogP contribution in [0.5, 0.6) is 5.75 Å². The minimum atomic E-state index is 0.232. The molecule has 0 amide bonds. The summed E-state index contributed by atoms with van der Waals surface area (Å²) in [6, 6.07) is 1.83. The average molecular weight is 275 g/mol. The standard InChI is InChI=1S/C11H9N5O2S/c1-17-6-2-5-19-8(6)11-16-15-10(18-11)7-9(12)14-4-3-13-7/h2-5H,1H3,(H2,12,14). The van der Waals surface area contributed by atoms with Crippen LogP contribution in [0.15, 0.2) is 28.3 Å². The Hall–Kier alpha value is -2.48. The van der Waals surface area contributed by atoms with Gasteiger partial charge in [0, 0.05) is 12.4 Å². The molecule has 0 unspecified atom stereocenters. The maximum Gasteiger partial charge on any atom is 0.270 e. The first kappa shape index (κ1) is 11.6. The predicted octanol–water partition coefficient (Wildman–Crippen LogP) is 1.85. The van der Waals surface area contributed by atoms with Gasteiger partial charge in [0.25, 0.3) is 11.8 Å². The van der Waals surface area contributed by atoms with Crippen LogP contribution in [0.4, 0.5) is 5.82 Å². The van der Waals surface area contributed by atoms with E-state index < -0.39 is 0 Å². The van der Waals surface area contributed by atoms with Gasteiger partial charge in [0.1, 0.15) is 10.6 Å². The molecule has 8 heteroatoms. The van der Waals surface area contributed by atoms with Gasteiger partial charge in [-0.15, -0.1) is 21.5 Å². The van der Waals surface area contributed by atoms with E-state index in [1.807, 2.05) is 11.4 Å². The quantitative estimate of drug-likeness (QED) is 0.778. The van der Waals surface area contributed by atoms with Crippen molar-refractivity contribution < 1.29 is 9.15 Å². The first-order chi connectivity index (χ1) is 9.29. The number of thiophene rings is 1. The Kier molecular flexibility index (Phi) is 2.84. The molecule has 0 saturated heterocycles. The molecule has 19 heavy (non-hydrogen) atoms. The summed E-state index contributed by atoms with van der Waals surface area (Å²) in [6.07, 6.45) is 3.01. The van der Waals surface area contributed by atoms with E-state index in [-0.39, 0.29) is 11.7 Å². The summed E-state index contributed by atoms with van der Waals surface area (Å²) in [5, 5.41) is 9.79. The van der Waals surface area contributed by atoms with Gasteiger partial charge in [-0.3, -0.25) is 0 Å². The van der Waals surface area contributed by atoms with Gasteiger partial charge < -0.3 is 14.9 Å². The smallest absolute Gasteiger partial charge is 0.270 e. The molecule has 0 atom stereocenters. The summed E-state index contributed by atoms with van der Waals surface area (Å²) in [5.74, 6) is 1.53. The van der Waals surface area contributed by atoms with Crippen LogP contribution in [0.2, 0.25) is 0 Å². The van der Waals surface area contributed by atoms with Crippen molar-refractivity contribution in [2.75, 3.05) is 12.8 Å². The maximum atomic E-state index is 5.71. The molecule has 0 aromatic carbocycles. The number of hydrogen-bond donors (Lipinski definition) is 1. The molecule has 0 aliphatic carbocycles. The van der Waals surface area contributed by atoms with Gasteiger partial charge in [0.2, 0.25) is 0 Å². The number of nitrogen functional groups attached to an aromatic ring is 1. The number of anilines is 1. The van der Waals surface area contributed by atoms with Crippen LogP contribution in [0.1, 0.15) is 0 Å². The third kappa shape index (κ3) is 2.02. The Morgan fingerprint density at radius 3 is 2.79 bits per heavy atom. The van der Waals surface area contributed by atoms with Crippen molar-refractivity contribution in [1.29, 1.82) is 0 Å². The molecule has 0 radical (unpaired) electrons. The number of aromatic nitrogens is 4. The van der Waals surface area contributed by atoms with Gasteiger partial charge in [-0.05, 0) is 11.4 Å². The zero-order valence-electron chi connectivity index (χ0n) is 9.90. The van der Waals surface area contributed by atoms with Crippen molar-refractivity contribution in [2.24, 2.45) is 0 Å². The minimum absolute atomic E-state index is 0.232. The summed E-state index contributed by atoms with van der Waals surface area (Å²) in [6.45, 7) is 0. The topological polar surface area (TPSA) is 100.0 Å². The summed E-state index contributed by atoms with van der Waals surface area (Å²) in [7, 11) is 1.59. The van der Waals surface area contributed by atoms with Gasteiger partial charge >= 0.3 is 0 Å². The van der Waals surface area contributed by atoms with E-state index in [1.54, 1.807) is 7.11 Å². The third-order valence-corrected chi connectivity index (χ3v) is 3.28. The van der Waals surface area contributed by atoms with Gasteiger partial charge in [-0.25, -0.2) is 9.97 Å². The molecule has 3 aromatic rings. The number of ether oxygens (including phenoxy) is 1. The molecular formula is C11H9N5O2S. The van der Waals surface area contributed by atoms with E-state index >= 15 is 0 Å². The number of nitrogens with two attached hydrogens (primary N) is 1. The Labute approximate surface area is 112 Å². The lowest BCUT2D eigenvalue weighted by atomic mass is 10.4. The van der Waals surface area contributed by atoms with Crippen molar-refractivity contribution in [3.8, 4) is 28.1 Å². The predicted molar refractivity (Wildman–Crippen MR) is 69.6 cm³/mol. The highest BCUT2D eigenvalue weighted by Crippen LogP contribution is 2.35.